The van der Waals surface area contributed by atoms with Gasteiger partial charge in [-0.3, -0.25) is 9.78 Å². The molecule has 4 rings (SSSR count). The minimum absolute atomic E-state index is 0.131. The zero-order valence-corrected chi connectivity index (χ0v) is 19.8. The Labute approximate surface area is 207 Å². The molecule has 0 aliphatic carbocycles. The molecule has 0 bridgehead atoms. The van der Waals surface area contributed by atoms with Gasteiger partial charge in [0, 0.05) is 18.6 Å². The Kier molecular flexibility index (Phi) is 7.38. The number of carbonyl (C=O) groups is 2. The number of benzene rings is 2. The van der Waals surface area contributed by atoms with E-state index in [1.165, 1.54) is 19.4 Å². The summed E-state index contributed by atoms with van der Waals surface area (Å²) in [5.74, 6) is -0.167. The van der Waals surface area contributed by atoms with Crippen LogP contribution in [0.25, 0.3) is 11.1 Å². The molecular weight excluding hydrogens is 466 g/mol. The van der Waals surface area contributed by atoms with Gasteiger partial charge in [0.15, 0.2) is 0 Å². The molecular formula is C27H22ClN3O4. The lowest BCUT2D eigenvalue weighted by Gasteiger charge is -2.16. The van der Waals surface area contributed by atoms with Crippen LogP contribution in [0, 0.1) is 0 Å². The van der Waals surface area contributed by atoms with Crippen LogP contribution in [0.15, 0.2) is 85.3 Å². The molecule has 0 radical (unpaired) electrons. The van der Waals surface area contributed by atoms with Gasteiger partial charge in [-0.15, -0.1) is 0 Å². The minimum atomic E-state index is -0.423. The molecule has 1 atom stereocenters. The van der Waals surface area contributed by atoms with Crippen molar-refractivity contribution < 1.29 is 19.1 Å². The number of pyridine rings is 2. The summed E-state index contributed by atoms with van der Waals surface area (Å²) < 4.78 is 10.7. The number of esters is 1. The summed E-state index contributed by atoms with van der Waals surface area (Å²) in [4.78, 5) is 33.1. The van der Waals surface area contributed by atoms with E-state index in [1.807, 2.05) is 37.3 Å². The molecule has 1 N–H and O–H groups in total. The van der Waals surface area contributed by atoms with Crippen LogP contribution < -0.4 is 10.1 Å². The third kappa shape index (κ3) is 5.83. The first-order chi connectivity index (χ1) is 16.9. The van der Waals surface area contributed by atoms with Gasteiger partial charge in [-0.05, 0) is 66.1 Å². The SMILES string of the molecule is COC(=O)c1ccc([C@H](C)NC(=O)c2cc(Cl)cnc2Oc2cccc(-c3ccncc3)c2)cc1. The Hall–Kier alpha value is -4.23. The van der Waals surface area contributed by atoms with Crippen molar-refractivity contribution in [3.8, 4) is 22.8 Å². The third-order valence-electron chi connectivity index (χ3n) is 5.30. The van der Waals surface area contributed by atoms with E-state index in [4.69, 9.17) is 21.1 Å². The fraction of sp³-hybridized carbons (Fsp3) is 0.111. The van der Waals surface area contributed by atoms with E-state index in [9.17, 15) is 9.59 Å². The molecule has 2 aromatic heterocycles. The first kappa shape index (κ1) is 23.9. The largest absolute Gasteiger partial charge is 0.465 e. The summed E-state index contributed by atoms with van der Waals surface area (Å²) >= 11 is 6.14. The van der Waals surface area contributed by atoms with Crippen LogP contribution in [0.2, 0.25) is 5.02 Å². The van der Waals surface area contributed by atoms with Crippen molar-refractivity contribution in [2.45, 2.75) is 13.0 Å². The van der Waals surface area contributed by atoms with E-state index in [2.05, 4.69) is 15.3 Å². The fourth-order valence-corrected chi connectivity index (χ4v) is 3.61. The van der Waals surface area contributed by atoms with Crippen LogP contribution in [-0.4, -0.2) is 29.0 Å². The zero-order valence-electron chi connectivity index (χ0n) is 19.1. The van der Waals surface area contributed by atoms with Crippen LogP contribution >= 0.6 is 11.6 Å². The van der Waals surface area contributed by atoms with Crippen molar-refractivity contribution in [1.29, 1.82) is 0 Å². The zero-order chi connectivity index (χ0) is 24.8. The number of aromatic nitrogens is 2. The predicted octanol–water partition coefficient (Wildman–Crippen LogP) is 5.87. The van der Waals surface area contributed by atoms with Gasteiger partial charge in [0.2, 0.25) is 5.88 Å². The second kappa shape index (κ2) is 10.8. The highest BCUT2D eigenvalue weighted by atomic mass is 35.5. The van der Waals surface area contributed by atoms with Gasteiger partial charge in [-0.25, -0.2) is 9.78 Å². The van der Waals surface area contributed by atoms with Crippen LogP contribution in [0.4, 0.5) is 0 Å². The van der Waals surface area contributed by atoms with E-state index in [0.29, 0.717) is 16.3 Å². The lowest BCUT2D eigenvalue weighted by Crippen LogP contribution is -2.27. The predicted molar refractivity (Wildman–Crippen MR) is 133 cm³/mol. The van der Waals surface area contributed by atoms with Crippen LogP contribution in [0.3, 0.4) is 0 Å². The van der Waals surface area contributed by atoms with Gasteiger partial charge in [-0.1, -0.05) is 35.9 Å². The highest BCUT2D eigenvalue weighted by Crippen LogP contribution is 2.29. The smallest absolute Gasteiger partial charge is 0.337 e. The molecule has 0 aliphatic rings. The maximum absolute atomic E-state index is 13.1. The maximum atomic E-state index is 13.1. The fourth-order valence-electron chi connectivity index (χ4n) is 3.45. The molecule has 0 saturated heterocycles. The molecule has 4 aromatic rings. The average molecular weight is 488 g/mol. The lowest BCUT2D eigenvalue weighted by molar-refractivity contribution is 0.0600. The van der Waals surface area contributed by atoms with Gasteiger partial charge in [-0.2, -0.15) is 0 Å². The number of nitrogens with zero attached hydrogens (tertiary/aromatic N) is 2. The molecule has 0 unspecified atom stereocenters. The summed E-state index contributed by atoms with van der Waals surface area (Å²) in [6, 6.07) is 19.2. The number of nitrogens with one attached hydrogen (secondary N) is 1. The maximum Gasteiger partial charge on any atom is 0.337 e. The summed E-state index contributed by atoms with van der Waals surface area (Å²) in [6.45, 7) is 1.84. The summed E-state index contributed by atoms with van der Waals surface area (Å²) in [7, 11) is 1.33. The Morgan fingerprint density at radius 2 is 1.71 bits per heavy atom. The number of halogens is 1. The van der Waals surface area contributed by atoms with E-state index in [1.54, 1.807) is 42.7 Å². The molecule has 0 spiro atoms. The average Bonchev–Trinajstić information content (AvgIpc) is 2.90. The minimum Gasteiger partial charge on any atom is -0.465 e. The first-order valence-corrected chi connectivity index (χ1v) is 11.2. The standard InChI is InChI=1S/C27H22ClN3O4/c1-17(18-6-8-20(9-7-18)27(33)34-2)31-25(32)24-15-22(28)16-30-26(24)35-23-5-3-4-21(14-23)19-10-12-29-13-11-19/h3-17H,1-2H3,(H,31,32)/t17-/m0/s1. The van der Waals surface area contributed by atoms with E-state index >= 15 is 0 Å². The number of hydrogen-bond donors (Lipinski definition) is 1. The summed E-state index contributed by atoms with van der Waals surface area (Å²) in [5.41, 5.74) is 3.37. The van der Waals surface area contributed by atoms with Crippen LogP contribution in [-0.2, 0) is 4.74 Å². The molecule has 0 fully saturated rings. The number of rotatable bonds is 7. The Morgan fingerprint density at radius 1 is 0.971 bits per heavy atom. The highest BCUT2D eigenvalue weighted by molar-refractivity contribution is 6.30. The van der Waals surface area contributed by atoms with Crippen molar-refractivity contribution in [2.75, 3.05) is 7.11 Å². The summed E-state index contributed by atoms with van der Waals surface area (Å²) in [5, 5.41) is 3.23. The van der Waals surface area contributed by atoms with Gasteiger partial charge in [0.25, 0.3) is 5.91 Å². The van der Waals surface area contributed by atoms with Gasteiger partial charge in [0.05, 0.1) is 23.7 Å². The molecule has 1 amide bonds. The topological polar surface area (TPSA) is 90.4 Å². The number of carbonyl (C=O) groups excluding carboxylic acids is 2. The quantitative estimate of drug-likeness (QED) is 0.328. The molecule has 0 aliphatic heterocycles. The molecule has 2 heterocycles. The molecule has 176 valence electrons. The van der Waals surface area contributed by atoms with Gasteiger partial charge >= 0.3 is 5.97 Å². The summed E-state index contributed by atoms with van der Waals surface area (Å²) in [6.07, 6.45) is 4.86. The van der Waals surface area contributed by atoms with E-state index < -0.39 is 11.9 Å². The molecule has 2 aromatic carbocycles. The normalized spacial score (nSPS) is 11.4. The molecule has 8 heteroatoms. The number of methoxy groups -OCH3 is 1. The van der Waals surface area contributed by atoms with Gasteiger partial charge < -0.3 is 14.8 Å². The molecule has 35 heavy (non-hydrogen) atoms. The third-order valence-corrected chi connectivity index (χ3v) is 5.51. The Bertz CT molecular complexity index is 1340. The van der Waals surface area contributed by atoms with Gasteiger partial charge in [0.1, 0.15) is 11.3 Å². The van der Waals surface area contributed by atoms with Crippen molar-refractivity contribution in [3.63, 3.8) is 0 Å². The Balaban J connectivity index is 1.54. The second-order valence-corrected chi connectivity index (χ2v) is 8.12. The number of ether oxygens (including phenoxy) is 2. The van der Waals surface area contributed by atoms with Crippen molar-refractivity contribution in [2.24, 2.45) is 0 Å². The number of amides is 1. The van der Waals surface area contributed by atoms with E-state index in [-0.39, 0.29) is 17.5 Å². The first-order valence-electron chi connectivity index (χ1n) is 10.8. The monoisotopic (exact) mass is 487 g/mol. The highest BCUT2D eigenvalue weighted by Gasteiger charge is 2.19. The lowest BCUT2D eigenvalue weighted by atomic mass is 10.1. The van der Waals surface area contributed by atoms with Crippen LogP contribution in [0.5, 0.6) is 11.6 Å². The van der Waals surface area contributed by atoms with E-state index in [0.717, 1.165) is 16.7 Å². The van der Waals surface area contributed by atoms with Crippen molar-refractivity contribution in [3.05, 3.63) is 107 Å². The van der Waals surface area contributed by atoms with Crippen molar-refractivity contribution in [1.82, 2.24) is 15.3 Å². The molecule has 0 saturated carbocycles. The second-order valence-electron chi connectivity index (χ2n) is 7.68. The number of hydrogen-bond acceptors (Lipinski definition) is 6. The molecule has 7 nitrogen and oxygen atoms in total. The van der Waals surface area contributed by atoms with Crippen LogP contribution in [0.1, 0.15) is 39.2 Å². The van der Waals surface area contributed by atoms with Crippen molar-refractivity contribution >= 4 is 23.5 Å². The Morgan fingerprint density at radius 3 is 2.43 bits per heavy atom.